The van der Waals surface area contributed by atoms with Crippen LogP contribution in [0.5, 0.6) is 0 Å². The summed E-state index contributed by atoms with van der Waals surface area (Å²) in [6, 6.07) is 1.30. The van der Waals surface area contributed by atoms with Crippen LogP contribution in [0.2, 0.25) is 0 Å². The highest BCUT2D eigenvalue weighted by Crippen LogP contribution is 2.39. The van der Waals surface area contributed by atoms with Crippen LogP contribution in [0, 0.1) is 18.2 Å². The number of halogens is 1. The number of hydrogen-bond acceptors (Lipinski definition) is 4. The van der Waals surface area contributed by atoms with Crippen LogP contribution in [0.15, 0.2) is 15.7 Å². The van der Waals surface area contributed by atoms with E-state index in [1.165, 1.54) is 6.07 Å². The summed E-state index contributed by atoms with van der Waals surface area (Å²) in [6.45, 7) is 5.49. The number of nitrogens with two attached hydrogens (primary N) is 1. The Balaban J connectivity index is 2.05. The van der Waals surface area contributed by atoms with Crippen molar-refractivity contribution in [3.05, 3.63) is 44.7 Å². The normalized spacial score (nSPS) is 20.3. The van der Waals surface area contributed by atoms with Gasteiger partial charge in [0.1, 0.15) is 5.82 Å². The molecule has 2 heterocycles. The first-order valence-electron chi connectivity index (χ1n) is 9.30. The highest BCUT2D eigenvalue weighted by atomic mass is 19.1. The molecule has 1 saturated heterocycles. The third-order valence-electron chi connectivity index (χ3n) is 5.70. The molecule has 1 saturated carbocycles. The van der Waals surface area contributed by atoms with Crippen molar-refractivity contribution < 1.29 is 4.39 Å². The minimum Gasteiger partial charge on any atom is -0.369 e. The highest BCUT2D eigenvalue weighted by molar-refractivity contribution is 5.87. The molecule has 1 aliphatic heterocycles. The molecule has 1 aromatic carbocycles. The van der Waals surface area contributed by atoms with E-state index >= 15 is 4.39 Å². The number of hydrogen-bond donors (Lipinski definition) is 1. The summed E-state index contributed by atoms with van der Waals surface area (Å²) < 4.78 is 17.3. The smallest absolute Gasteiger partial charge is 0.350 e. The Labute approximate surface area is 151 Å². The van der Waals surface area contributed by atoms with Crippen molar-refractivity contribution in [3.8, 4) is 0 Å². The average molecular weight is 359 g/mol. The zero-order valence-corrected chi connectivity index (χ0v) is 15.2. The van der Waals surface area contributed by atoms with Gasteiger partial charge >= 0.3 is 5.69 Å². The van der Waals surface area contributed by atoms with Crippen molar-refractivity contribution in [1.29, 1.82) is 0 Å². The number of rotatable bonds is 4. The van der Waals surface area contributed by atoms with Crippen LogP contribution in [0.25, 0.3) is 10.9 Å². The van der Waals surface area contributed by atoms with Gasteiger partial charge in [0.25, 0.3) is 5.56 Å². The predicted molar refractivity (Wildman–Crippen MR) is 101 cm³/mol. The summed E-state index contributed by atoms with van der Waals surface area (Å²) in [4.78, 5) is 27.2. The molecule has 1 atom stereocenters. The van der Waals surface area contributed by atoms with E-state index in [1.54, 1.807) is 4.57 Å². The number of aryl methyl sites for hydroxylation is 1. The van der Waals surface area contributed by atoms with Crippen LogP contribution < -0.4 is 22.0 Å². The zero-order valence-electron chi connectivity index (χ0n) is 15.2. The predicted octanol–water partition coefficient (Wildman–Crippen LogP) is 1.96. The lowest BCUT2D eigenvalue weighted by Crippen LogP contribution is -2.45. The van der Waals surface area contributed by atoms with E-state index in [2.05, 4.69) is 6.42 Å². The van der Waals surface area contributed by atoms with E-state index in [4.69, 9.17) is 5.84 Å². The maximum Gasteiger partial charge on any atom is 0.350 e. The van der Waals surface area contributed by atoms with E-state index in [1.807, 2.05) is 18.7 Å². The van der Waals surface area contributed by atoms with Crippen molar-refractivity contribution >= 4 is 16.6 Å². The summed E-state index contributed by atoms with van der Waals surface area (Å²) in [5.74, 6) is 5.70. The summed E-state index contributed by atoms with van der Waals surface area (Å²) in [5.41, 5.74) is 0.680. The summed E-state index contributed by atoms with van der Waals surface area (Å²) >= 11 is 0. The van der Waals surface area contributed by atoms with Gasteiger partial charge in [0.15, 0.2) is 0 Å². The van der Waals surface area contributed by atoms with Crippen LogP contribution in [0.1, 0.15) is 44.7 Å². The molecule has 1 aliphatic carbocycles. The Kier molecular flexibility index (Phi) is 4.04. The molecule has 2 fully saturated rings. The van der Waals surface area contributed by atoms with Crippen LogP contribution in [0.4, 0.5) is 10.1 Å². The lowest BCUT2D eigenvalue weighted by molar-refractivity contribution is 0.616. The fourth-order valence-electron chi connectivity index (χ4n) is 4.16. The van der Waals surface area contributed by atoms with Gasteiger partial charge in [0, 0.05) is 24.7 Å². The second-order valence-corrected chi connectivity index (χ2v) is 7.32. The Bertz CT molecular complexity index is 990. The molecule has 0 bridgehead atoms. The fraction of sp³-hybridized carbons (Fsp3) is 0.526. The molecule has 0 amide bonds. The van der Waals surface area contributed by atoms with Gasteiger partial charge in [-0.15, -0.1) is 0 Å². The third-order valence-corrected chi connectivity index (χ3v) is 5.70. The maximum absolute atomic E-state index is 15.1. The maximum atomic E-state index is 15.1. The van der Waals surface area contributed by atoms with E-state index in [-0.39, 0.29) is 11.4 Å². The third kappa shape index (κ3) is 2.44. The minimum atomic E-state index is -0.636. The molecule has 2 aliphatic rings. The molecule has 6 nitrogen and oxygen atoms in total. The first-order chi connectivity index (χ1) is 12.5. The van der Waals surface area contributed by atoms with Crippen LogP contribution in [-0.4, -0.2) is 22.3 Å². The van der Waals surface area contributed by atoms with Crippen LogP contribution in [0.3, 0.4) is 0 Å². The monoisotopic (exact) mass is 359 g/mol. The molecule has 2 N–H and O–H groups in total. The Morgan fingerprint density at radius 3 is 2.62 bits per heavy atom. The molecule has 1 radical (unpaired) electrons. The lowest BCUT2D eigenvalue weighted by Gasteiger charge is -2.25. The molecule has 4 rings (SSSR count). The number of fused-ring (bicyclic) bond motifs is 1. The van der Waals surface area contributed by atoms with Crippen LogP contribution >= 0.6 is 0 Å². The second kappa shape index (κ2) is 6.14. The molecule has 0 unspecified atom stereocenters. The molecule has 7 heteroatoms. The van der Waals surface area contributed by atoms with Gasteiger partial charge in [-0.05, 0) is 44.1 Å². The first kappa shape index (κ1) is 17.1. The van der Waals surface area contributed by atoms with Crippen molar-refractivity contribution in [2.75, 3.05) is 23.8 Å². The van der Waals surface area contributed by atoms with Crippen molar-refractivity contribution in [2.45, 2.75) is 45.6 Å². The molecule has 1 aromatic heterocycles. The largest absolute Gasteiger partial charge is 0.369 e. The Morgan fingerprint density at radius 2 is 2.04 bits per heavy atom. The number of nitrogens with zero attached hydrogens (tertiary/aromatic N) is 3. The number of nitrogen functional groups attached to an aromatic ring is 1. The Hall–Kier alpha value is -2.31. The van der Waals surface area contributed by atoms with E-state index in [9.17, 15) is 9.59 Å². The highest BCUT2D eigenvalue weighted by Gasteiger charge is 2.32. The summed E-state index contributed by atoms with van der Waals surface area (Å²) in [5, 5.41) is 0.190. The SMILES string of the molecule is C[CH][C@@H]1CCN(c2c(F)cc3c(=O)n(N)c(=O)n(C4CC4)c3c2CC)C1. The average Bonchev–Trinajstić information content (AvgIpc) is 3.36. The molecule has 26 heavy (non-hydrogen) atoms. The van der Waals surface area contributed by atoms with Crippen molar-refractivity contribution in [1.82, 2.24) is 9.24 Å². The van der Waals surface area contributed by atoms with Crippen molar-refractivity contribution in [2.24, 2.45) is 5.92 Å². The molecule has 139 valence electrons. The number of aromatic nitrogens is 2. The topological polar surface area (TPSA) is 73.3 Å². The summed E-state index contributed by atoms with van der Waals surface area (Å²) in [6.07, 6.45) is 5.43. The molecular weight excluding hydrogens is 335 g/mol. The van der Waals surface area contributed by atoms with Gasteiger partial charge in [0.2, 0.25) is 0 Å². The first-order valence-corrected chi connectivity index (χ1v) is 9.30. The quantitative estimate of drug-likeness (QED) is 0.847. The van der Waals surface area contributed by atoms with Gasteiger partial charge in [-0.25, -0.2) is 9.18 Å². The fourth-order valence-corrected chi connectivity index (χ4v) is 4.16. The standard InChI is InChI=1S/C19H24FN4O2/c1-3-11-7-8-22(10-11)17-13(4-2)16-14(9-15(17)20)18(25)24(21)19(26)23(16)12-5-6-12/h3,9,11-12H,4-8,10,21H2,1-2H3/t11-/m1/s1. The number of benzene rings is 1. The van der Waals surface area contributed by atoms with E-state index < -0.39 is 17.1 Å². The van der Waals surface area contributed by atoms with Crippen molar-refractivity contribution in [3.63, 3.8) is 0 Å². The molecule has 2 aromatic rings. The Morgan fingerprint density at radius 1 is 1.31 bits per heavy atom. The lowest BCUT2D eigenvalue weighted by atomic mass is 10.0. The zero-order chi connectivity index (χ0) is 18.6. The van der Waals surface area contributed by atoms with Gasteiger partial charge in [-0.3, -0.25) is 9.36 Å². The van der Waals surface area contributed by atoms with E-state index in [0.717, 1.165) is 37.9 Å². The summed E-state index contributed by atoms with van der Waals surface area (Å²) in [7, 11) is 0. The minimum absolute atomic E-state index is 0.0410. The molecular formula is C19H24FN4O2. The van der Waals surface area contributed by atoms with Gasteiger partial charge in [-0.1, -0.05) is 13.8 Å². The van der Waals surface area contributed by atoms with Gasteiger partial charge < -0.3 is 10.7 Å². The molecule has 0 spiro atoms. The van der Waals surface area contributed by atoms with Crippen LogP contribution in [-0.2, 0) is 6.42 Å². The van der Waals surface area contributed by atoms with Gasteiger partial charge in [-0.2, -0.15) is 4.68 Å². The van der Waals surface area contributed by atoms with E-state index in [0.29, 0.717) is 28.2 Å². The number of anilines is 1. The van der Waals surface area contributed by atoms with Gasteiger partial charge in [0.05, 0.1) is 16.6 Å². The second-order valence-electron chi connectivity index (χ2n) is 7.32.